The highest BCUT2D eigenvalue weighted by atomic mass is 32.1. The van der Waals surface area contributed by atoms with Crippen LogP contribution in [0, 0.1) is 6.92 Å². The Balaban J connectivity index is 2.13. The molecule has 5 heteroatoms. The van der Waals surface area contributed by atoms with E-state index in [2.05, 4.69) is 15.3 Å². The maximum absolute atomic E-state index is 5.81. The Morgan fingerprint density at radius 1 is 1.44 bits per heavy atom. The summed E-state index contributed by atoms with van der Waals surface area (Å²) in [6.07, 6.45) is 3.60. The minimum absolute atomic E-state index is 0.121. The number of nitrogen functional groups attached to an aromatic ring is 1. The van der Waals surface area contributed by atoms with E-state index in [0.717, 1.165) is 5.01 Å². The number of hydrogen-bond donors (Lipinski definition) is 2. The Kier molecular flexibility index (Phi) is 3.05. The molecule has 4 nitrogen and oxygen atoms in total. The van der Waals surface area contributed by atoms with Gasteiger partial charge in [0.15, 0.2) is 0 Å². The summed E-state index contributed by atoms with van der Waals surface area (Å²) in [6.45, 7) is 4.09. The Hall–Kier alpha value is -1.62. The third kappa shape index (κ3) is 2.30. The van der Waals surface area contributed by atoms with E-state index in [1.54, 1.807) is 17.5 Å². The molecular weight excluding hydrogens is 220 g/mol. The van der Waals surface area contributed by atoms with Crippen LogP contribution in [0.4, 0.5) is 11.5 Å². The van der Waals surface area contributed by atoms with Crippen LogP contribution in [-0.4, -0.2) is 9.97 Å². The molecule has 0 saturated heterocycles. The maximum Gasteiger partial charge on any atom is 0.149 e. The molecule has 0 spiro atoms. The molecule has 0 aliphatic heterocycles. The van der Waals surface area contributed by atoms with E-state index in [4.69, 9.17) is 5.73 Å². The number of thiazole rings is 1. The highest BCUT2D eigenvalue weighted by Gasteiger charge is 2.10. The number of nitrogens with one attached hydrogen (secondary N) is 1. The minimum atomic E-state index is 0.121. The van der Waals surface area contributed by atoms with Gasteiger partial charge in [0.05, 0.1) is 11.7 Å². The smallest absolute Gasteiger partial charge is 0.149 e. The Bertz CT molecular complexity index is 480. The lowest BCUT2D eigenvalue weighted by atomic mass is 10.3. The van der Waals surface area contributed by atoms with Crippen LogP contribution in [-0.2, 0) is 0 Å². The van der Waals surface area contributed by atoms with E-state index in [1.165, 1.54) is 4.88 Å². The molecule has 84 valence electrons. The van der Waals surface area contributed by atoms with Gasteiger partial charge in [0.2, 0.25) is 0 Å². The van der Waals surface area contributed by atoms with Crippen molar-refractivity contribution < 1.29 is 0 Å². The zero-order valence-corrected chi connectivity index (χ0v) is 10.1. The van der Waals surface area contributed by atoms with Gasteiger partial charge in [-0.25, -0.2) is 9.97 Å². The van der Waals surface area contributed by atoms with Crippen molar-refractivity contribution in [3.05, 3.63) is 34.4 Å². The molecule has 2 heterocycles. The minimum Gasteiger partial charge on any atom is -0.396 e. The molecule has 0 aliphatic carbocycles. The zero-order valence-electron chi connectivity index (χ0n) is 9.27. The van der Waals surface area contributed by atoms with Crippen molar-refractivity contribution in [2.75, 3.05) is 11.1 Å². The summed E-state index contributed by atoms with van der Waals surface area (Å²) in [5.74, 6) is 0.711. The zero-order chi connectivity index (χ0) is 11.5. The number of rotatable bonds is 3. The standard InChI is InChI=1S/C11H14N4S/c1-7-6-14-11(16-7)8(2)15-10-9(12)4-3-5-13-10/h3-6,8H,12H2,1-2H3,(H,13,15). The van der Waals surface area contributed by atoms with Crippen LogP contribution in [0.5, 0.6) is 0 Å². The molecule has 0 fully saturated rings. The Labute approximate surface area is 98.6 Å². The summed E-state index contributed by atoms with van der Waals surface area (Å²) >= 11 is 1.68. The summed E-state index contributed by atoms with van der Waals surface area (Å²) in [6, 6.07) is 3.77. The van der Waals surface area contributed by atoms with Gasteiger partial charge < -0.3 is 11.1 Å². The van der Waals surface area contributed by atoms with Crippen LogP contribution in [0.2, 0.25) is 0 Å². The highest BCUT2D eigenvalue weighted by Crippen LogP contribution is 2.24. The molecular formula is C11H14N4S. The molecule has 2 rings (SSSR count). The molecule has 0 saturated carbocycles. The van der Waals surface area contributed by atoms with Crippen molar-refractivity contribution in [3.8, 4) is 0 Å². The van der Waals surface area contributed by atoms with Gasteiger partial charge in [0.1, 0.15) is 10.8 Å². The van der Waals surface area contributed by atoms with Gasteiger partial charge >= 0.3 is 0 Å². The monoisotopic (exact) mass is 234 g/mol. The molecule has 0 amide bonds. The number of pyridine rings is 1. The van der Waals surface area contributed by atoms with Crippen molar-refractivity contribution in [2.45, 2.75) is 19.9 Å². The third-order valence-electron chi connectivity index (χ3n) is 2.20. The van der Waals surface area contributed by atoms with Crippen LogP contribution in [0.25, 0.3) is 0 Å². The number of hydrogen-bond acceptors (Lipinski definition) is 5. The average Bonchev–Trinajstić information content (AvgIpc) is 2.68. The molecule has 1 atom stereocenters. The van der Waals surface area contributed by atoms with Crippen LogP contribution in [0.3, 0.4) is 0 Å². The summed E-state index contributed by atoms with van der Waals surface area (Å²) in [4.78, 5) is 9.73. The van der Waals surface area contributed by atoms with E-state index in [-0.39, 0.29) is 6.04 Å². The van der Waals surface area contributed by atoms with Gasteiger partial charge in [0, 0.05) is 17.3 Å². The third-order valence-corrected chi connectivity index (χ3v) is 3.30. The van der Waals surface area contributed by atoms with Crippen molar-refractivity contribution in [1.29, 1.82) is 0 Å². The summed E-state index contributed by atoms with van der Waals surface area (Å²) in [5, 5.41) is 4.30. The summed E-state index contributed by atoms with van der Waals surface area (Å²) < 4.78 is 0. The predicted molar refractivity (Wildman–Crippen MR) is 67.5 cm³/mol. The highest BCUT2D eigenvalue weighted by molar-refractivity contribution is 7.11. The number of nitrogens with two attached hydrogens (primary N) is 1. The van der Waals surface area contributed by atoms with Crippen molar-refractivity contribution in [3.63, 3.8) is 0 Å². The number of aromatic nitrogens is 2. The Morgan fingerprint density at radius 3 is 2.88 bits per heavy atom. The molecule has 0 aromatic carbocycles. The van der Waals surface area contributed by atoms with Gasteiger partial charge in [0.25, 0.3) is 0 Å². The van der Waals surface area contributed by atoms with Gasteiger partial charge in [-0.3, -0.25) is 0 Å². The first-order chi connectivity index (χ1) is 7.66. The fourth-order valence-corrected chi connectivity index (χ4v) is 2.15. The second kappa shape index (κ2) is 4.49. The van der Waals surface area contributed by atoms with E-state index < -0.39 is 0 Å². The summed E-state index contributed by atoms with van der Waals surface area (Å²) in [7, 11) is 0. The first kappa shape index (κ1) is 10.9. The van der Waals surface area contributed by atoms with E-state index in [9.17, 15) is 0 Å². The quantitative estimate of drug-likeness (QED) is 0.856. The van der Waals surface area contributed by atoms with E-state index >= 15 is 0 Å². The van der Waals surface area contributed by atoms with Crippen molar-refractivity contribution >= 4 is 22.8 Å². The number of anilines is 2. The largest absolute Gasteiger partial charge is 0.396 e. The van der Waals surface area contributed by atoms with Gasteiger partial charge in [-0.1, -0.05) is 0 Å². The van der Waals surface area contributed by atoms with Crippen molar-refractivity contribution in [2.24, 2.45) is 0 Å². The van der Waals surface area contributed by atoms with Gasteiger partial charge in [-0.15, -0.1) is 11.3 Å². The van der Waals surface area contributed by atoms with Crippen LogP contribution in [0.15, 0.2) is 24.5 Å². The first-order valence-corrected chi connectivity index (χ1v) is 5.88. The fraction of sp³-hybridized carbons (Fsp3) is 0.273. The lowest BCUT2D eigenvalue weighted by molar-refractivity contribution is 0.861. The Morgan fingerprint density at radius 2 is 2.25 bits per heavy atom. The fourth-order valence-electron chi connectivity index (χ4n) is 1.38. The lowest BCUT2D eigenvalue weighted by Gasteiger charge is -2.13. The first-order valence-electron chi connectivity index (χ1n) is 5.06. The SMILES string of the molecule is Cc1cnc(C(C)Nc2ncccc2N)s1. The normalized spacial score (nSPS) is 12.4. The van der Waals surface area contributed by atoms with Crippen LogP contribution >= 0.6 is 11.3 Å². The molecule has 0 radical (unpaired) electrons. The maximum atomic E-state index is 5.81. The van der Waals surface area contributed by atoms with Gasteiger partial charge in [-0.2, -0.15) is 0 Å². The topological polar surface area (TPSA) is 63.8 Å². The van der Waals surface area contributed by atoms with Crippen LogP contribution < -0.4 is 11.1 Å². The second-order valence-electron chi connectivity index (χ2n) is 3.62. The van der Waals surface area contributed by atoms with E-state index in [0.29, 0.717) is 11.5 Å². The molecule has 2 aromatic heterocycles. The number of aryl methyl sites for hydroxylation is 1. The second-order valence-corrected chi connectivity index (χ2v) is 4.88. The molecule has 0 aliphatic rings. The molecule has 0 bridgehead atoms. The van der Waals surface area contributed by atoms with E-state index in [1.807, 2.05) is 32.2 Å². The van der Waals surface area contributed by atoms with Crippen molar-refractivity contribution in [1.82, 2.24) is 9.97 Å². The molecule has 1 unspecified atom stereocenters. The predicted octanol–water partition coefficient (Wildman–Crippen LogP) is 2.60. The molecule has 16 heavy (non-hydrogen) atoms. The average molecular weight is 234 g/mol. The van der Waals surface area contributed by atoms with Gasteiger partial charge in [-0.05, 0) is 26.0 Å². The van der Waals surface area contributed by atoms with Crippen LogP contribution in [0.1, 0.15) is 22.9 Å². The number of nitrogens with zero attached hydrogens (tertiary/aromatic N) is 2. The summed E-state index contributed by atoms with van der Waals surface area (Å²) in [5.41, 5.74) is 6.47. The lowest BCUT2D eigenvalue weighted by Crippen LogP contribution is -2.09. The molecule has 3 N–H and O–H groups in total. The molecule has 2 aromatic rings.